The highest BCUT2D eigenvalue weighted by Gasteiger charge is 2.30. The van der Waals surface area contributed by atoms with E-state index in [4.69, 9.17) is 4.74 Å². The Morgan fingerprint density at radius 2 is 1.92 bits per heavy atom. The zero-order valence-electron chi connectivity index (χ0n) is 7.10. The maximum Gasteiger partial charge on any atom is 0.102 e. The van der Waals surface area contributed by atoms with Crippen molar-refractivity contribution < 1.29 is 4.74 Å². The van der Waals surface area contributed by atoms with Crippen molar-refractivity contribution in [1.82, 2.24) is 0 Å². The summed E-state index contributed by atoms with van der Waals surface area (Å²) >= 11 is 0. The van der Waals surface area contributed by atoms with Gasteiger partial charge >= 0.3 is 0 Å². The fourth-order valence-corrected chi connectivity index (χ4v) is 1.17. The van der Waals surface area contributed by atoms with Crippen molar-refractivity contribution in [2.45, 2.75) is 19.1 Å². The summed E-state index contributed by atoms with van der Waals surface area (Å²) in [4.78, 5) is 0. The Labute approximate surface area is 72.7 Å². The normalized spacial score (nSPS) is 27.8. The van der Waals surface area contributed by atoms with Gasteiger partial charge in [0.1, 0.15) is 6.10 Å². The molecule has 1 nitrogen and oxygen atoms in total. The topological polar surface area (TPSA) is 12.5 Å². The molecule has 0 N–H and O–H groups in total. The van der Waals surface area contributed by atoms with Crippen LogP contribution in [0.3, 0.4) is 0 Å². The highest BCUT2D eigenvalue weighted by molar-refractivity contribution is 5.49. The van der Waals surface area contributed by atoms with Crippen LogP contribution in [0.25, 0.3) is 6.08 Å². The van der Waals surface area contributed by atoms with E-state index in [2.05, 4.69) is 31.2 Å². The first-order chi connectivity index (χ1) is 5.86. The van der Waals surface area contributed by atoms with Crippen molar-refractivity contribution >= 4 is 6.08 Å². The second kappa shape index (κ2) is 3.11. The summed E-state index contributed by atoms with van der Waals surface area (Å²) in [5.41, 5.74) is 1.24. The molecule has 12 heavy (non-hydrogen) atoms. The first kappa shape index (κ1) is 7.56. The number of rotatable bonds is 2. The molecule has 1 saturated heterocycles. The zero-order valence-corrected chi connectivity index (χ0v) is 7.10. The molecule has 1 aromatic carbocycles. The molecule has 62 valence electrons. The summed E-state index contributed by atoms with van der Waals surface area (Å²) < 4.78 is 5.25. The summed E-state index contributed by atoms with van der Waals surface area (Å²) in [6.07, 6.45) is 4.99. The van der Waals surface area contributed by atoms with Crippen LogP contribution in [0.1, 0.15) is 12.5 Å². The van der Waals surface area contributed by atoms with Crippen LogP contribution in [-0.2, 0) is 4.74 Å². The lowest BCUT2D eigenvalue weighted by Gasteiger charge is -1.88. The Hall–Kier alpha value is -1.08. The van der Waals surface area contributed by atoms with Crippen molar-refractivity contribution in [3.63, 3.8) is 0 Å². The molecule has 2 rings (SSSR count). The standard InChI is InChI=1S/C11H12O/c1-9-11(12-9)8-7-10-5-3-2-4-6-10/h2-9,11H,1H3/b8-7+. The minimum atomic E-state index is 0.352. The molecule has 0 saturated carbocycles. The van der Waals surface area contributed by atoms with Gasteiger partial charge in [0.15, 0.2) is 0 Å². The van der Waals surface area contributed by atoms with Crippen LogP contribution in [0, 0.1) is 0 Å². The van der Waals surface area contributed by atoms with Crippen LogP contribution in [-0.4, -0.2) is 12.2 Å². The van der Waals surface area contributed by atoms with E-state index in [1.54, 1.807) is 0 Å². The van der Waals surface area contributed by atoms with Gasteiger partial charge in [0.2, 0.25) is 0 Å². The third kappa shape index (κ3) is 1.74. The van der Waals surface area contributed by atoms with Gasteiger partial charge in [0.25, 0.3) is 0 Å². The molecule has 1 aromatic rings. The summed E-state index contributed by atoms with van der Waals surface area (Å²) in [6.45, 7) is 2.08. The zero-order chi connectivity index (χ0) is 8.39. The van der Waals surface area contributed by atoms with E-state index in [1.165, 1.54) is 5.56 Å². The van der Waals surface area contributed by atoms with E-state index in [9.17, 15) is 0 Å². The lowest BCUT2D eigenvalue weighted by Crippen LogP contribution is -1.80. The molecule has 2 unspecified atom stereocenters. The predicted molar refractivity (Wildman–Crippen MR) is 49.8 cm³/mol. The molecule has 0 bridgehead atoms. The van der Waals surface area contributed by atoms with E-state index < -0.39 is 0 Å². The van der Waals surface area contributed by atoms with Gasteiger partial charge in [-0.15, -0.1) is 0 Å². The van der Waals surface area contributed by atoms with E-state index in [0.717, 1.165) is 0 Å². The van der Waals surface area contributed by atoms with Crippen molar-refractivity contribution in [3.05, 3.63) is 42.0 Å². The number of epoxide rings is 1. The number of ether oxygens (including phenoxy) is 1. The summed E-state index contributed by atoms with van der Waals surface area (Å²) in [5.74, 6) is 0. The van der Waals surface area contributed by atoms with Crippen molar-refractivity contribution in [3.8, 4) is 0 Å². The highest BCUT2D eigenvalue weighted by Crippen LogP contribution is 2.22. The van der Waals surface area contributed by atoms with Crippen LogP contribution in [0.5, 0.6) is 0 Å². The highest BCUT2D eigenvalue weighted by atomic mass is 16.6. The Bertz CT molecular complexity index is 276. The molecule has 0 amide bonds. The maximum atomic E-state index is 5.25. The van der Waals surface area contributed by atoms with Crippen molar-refractivity contribution in [2.24, 2.45) is 0 Å². The molecule has 1 aliphatic rings. The Morgan fingerprint density at radius 1 is 1.25 bits per heavy atom. The molecular formula is C11H12O. The van der Waals surface area contributed by atoms with Gasteiger partial charge in [-0.25, -0.2) is 0 Å². The molecule has 0 radical (unpaired) electrons. The van der Waals surface area contributed by atoms with Gasteiger partial charge in [0, 0.05) is 0 Å². The van der Waals surface area contributed by atoms with Gasteiger partial charge in [-0.05, 0) is 12.5 Å². The summed E-state index contributed by atoms with van der Waals surface area (Å²) in [6, 6.07) is 10.3. The maximum absolute atomic E-state index is 5.25. The number of benzene rings is 1. The molecule has 1 aliphatic heterocycles. The fraction of sp³-hybridized carbons (Fsp3) is 0.273. The molecule has 1 heteroatoms. The minimum absolute atomic E-state index is 0.352. The van der Waals surface area contributed by atoms with E-state index >= 15 is 0 Å². The third-order valence-electron chi connectivity index (χ3n) is 2.04. The molecule has 2 atom stereocenters. The number of hydrogen-bond donors (Lipinski definition) is 0. The smallest absolute Gasteiger partial charge is 0.102 e. The summed E-state index contributed by atoms with van der Waals surface area (Å²) in [7, 11) is 0. The van der Waals surface area contributed by atoms with E-state index in [0.29, 0.717) is 12.2 Å². The van der Waals surface area contributed by atoms with Crippen LogP contribution in [0.2, 0.25) is 0 Å². The predicted octanol–water partition coefficient (Wildman–Crippen LogP) is 2.49. The van der Waals surface area contributed by atoms with Crippen molar-refractivity contribution in [2.75, 3.05) is 0 Å². The average molecular weight is 160 g/mol. The van der Waals surface area contributed by atoms with Gasteiger partial charge in [0.05, 0.1) is 6.10 Å². The van der Waals surface area contributed by atoms with Gasteiger partial charge in [-0.1, -0.05) is 42.5 Å². The second-order valence-electron chi connectivity index (χ2n) is 3.08. The molecule has 0 aromatic heterocycles. The summed E-state index contributed by atoms with van der Waals surface area (Å²) in [5, 5.41) is 0. The monoisotopic (exact) mass is 160 g/mol. The third-order valence-corrected chi connectivity index (χ3v) is 2.04. The molecule has 0 spiro atoms. The lowest BCUT2D eigenvalue weighted by molar-refractivity contribution is 0.400. The van der Waals surface area contributed by atoms with Crippen LogP contribution < -0.4 is 0 Å². The van der Waals surface area contributed by atoms with Crippen LogP contribution in [0.4, 0.5) is 0 Å². The van der Waals surface area contributed by atoms with Crippen LogP contribution in [0.15, 0.2) is 36.4 Å². The molecule has 0 aliphatic carbocycles. The lowest BCUT2D eigenvalue weighted by atomic mass is 10.2. The van der Waals surface area contributed by atoms with Crippen LogP contribution >= 0.6 is 0 Å². The van der Waals surface area contributed by atoms with Gasteiger partial charge in [-0.3, -0.25) is 0 Å². The molecular weight excluding hydrogens is 148 g/mol. The largest absolute Gasteiger partial charge is 0.365 e. The second-order valence-corrected chi connectivity index (χ2v) is 3.08. The SMILES string of the molecule is CC1OC1/C=C/c1ccccc1. The molecule has 1 heterocycles. The Balaban J connectivity index is 1.99. The Morgan fingerprint density at radius 3 is 2.50 bits per heavy atom. The first-order valence-corrected chi connectivity index (χ1v) is 4.25. The average Bonchev–Trinajstić information content (AvgIpc) is 2.81. The van der Waals surface area contributed by atoms with E-state index in [-0.39, 0.29) is 0 Å². The molecule has 1 fully saturated rings. The quantitative estimate of drug-likeness (QED) is 0.605. The van der Waals surface area contributed by atoms with E-state index in [1.807, 2.05) is 18.2 Å². The number of hydrogen-bond acceptors (Lipinski definition) is 1. The Kier molecular flexibility index (Phi) is 1.96. The fourth-order valence-electron chi connectivity index (χ4n) is 1.17. The van der Waals surface area contributed by atoms with Gasteiger partial charge < -0.3 is 4.74 Å². The first-order valence-electron chi connectivity index (χ1n) is 4.25. The van der Waals surface area contributed by atoms with Gasteiger partial charge in [-0.2, -0.15) is 0 Å². The minimum Gasteiger partial charge on any atom is -0.365 e. The van der Waals surface area contributed by atoms with Crippen molar-refractivity contribution in [1.29, 1.82) is 0 Å².